The molecular formula is C20H22FN3O2. The van der Waals surface area contributed by atoms with Crippen molar-refractivity contribution in [2.45, 2.75) is 33.0 Å². The first kappa shape index (κ1) is 17.9. The standard InChI is InChI=1S/C20H22FN3O2/c1-4-23-17-7-5-6-8-18(17)24(20(23)26)13-19(25)22(3)14(2)15-9-11-16(21)12-10-15/h5-12,14H,4,13H2,1-3H3. The minimum atomic E-state index is -0.311. The van der Waals surface area contributed by atoms with E-state index in [9.17, 15) is 14.0 Å². The Morgan fingerprint density at radius 3 is 2.23 bits per heavy atom. The molecule has 0 saturated heterocycles. The number of nitrogens with zero attached hydrogens (tertiary/aromatic N) is 3. The number of hydrogen-bond acceptors (Lipinski definition) is 2. The van der Waals surface area contributed by atoms with E-state index >= 15 is 0 Å². The van der Waals surface area contributed by atoms with E-state index in [2.05, 4.69) is 0 Å². The number of fused-ring (bicyclic) bond motifs is 1. The average Bonchev–Trinajstić information content (AvgIpc) is 2.92. The molecule has 0 fully saturated rings. The fourth-order valence-electron chi connectivity index (χ4n) is 3.16. The van der Waals surface area contributed by atoms with E-state index in [1.165, 1.54) is 16.7 Å². The second-order valence-corrected chi connectivity index (χ2v) is 6.33. The van der Waals surface area contributed by atoms with Gasteiger partial charge in [0.25, 0.3) is 0 Å². The summed E-state index contributed by atoms with van der Waals surface area (Å²) in [6.07, 6.45) is 0. The van der Waals surface area contributed by atoms with E-state index in [1.807, 2.05) is 38.1 Å². The zero-order valence-corrected chi connectivity index (χ0v) is 15.1. The Morgan fingerprint density at radius 2 is 1.65 bits per heavy atom. The van der Waals surface area contributed by atoms with Gasteiger partial charge in [0.05, 0.1) is 17.1 Å². The van der Waals surface area contributed by atoms with Crippen molar-refractivity contribution < 1.29 is 9.18 Å². The van der Waals surface area contributed by atoms with Crippen LogP contribution >= 0.6 is 0 Å². The molecule has 1 heterocycles. The van der Waals surface area contributed by atoms with Gasteiger partial charge < -0.3 is 4.90 Å². The quantitative estimate of drug-likeness (QED) is 0.706. The number of rotatable bonds is 5. The Kier molecular flexibility index (Phi) is 4.93. The average molecular weight is 355 g/mol. The van der Waals surface area contributed by atoms with Gasteiger partial charge in [-0.25, -0.2) is 9.18 Å². The van der Waals surface area contributed by atoms with Gasteiger partial charge in [0.15, 0.2) is 0 Å². The van der Waals surface area contributed by atoms with Gasteiger partial charge in [-0.05, 0) is 43.7 Å². The van der Waals surface area contributed by atoms with Gasteiger partial charge in [-0.15, -0.1) is 0 Å². The molecule has 1 aromatic heterocycles. The van der Waals surface area contributed by atoms with E-state index in [0.717, 1.165) is 16.6 Å². The largest absolute Gasteiger partial charge is 0.337 e. The highest BCUT2D eigenvalue weighted by molar-refractivity contribution is 5.81. The van der Waals surface area contributed by atoms with Crippen LogP contribution in [0.4, 0.5) is 4.39 Å². The molecule has 26 heavy (non-hydrogen) atoms. The number of aryl methyl sites for hydroxylation is 1. The fourth-order valence-corrected chi connectivity index (χ4v) is 3.16. The molecule has 136 valence electrons. The monoisotopic (exact) mass is 355 g/mol. The Balaban J connectivity index is 1.88. The number of amides is 1. The Labute approximate surface area is 151 Å². The molecule has 3 rings (SSSR count). The zero-order valence-electron chi connectivity index (χ0n) is 15.1. The van der Waals surface area contributed by atoms with Gasteiger partial charge in [-0.2, -0.15) is 0 Å². The molecular weight excluding hydrogens is 333 g/mol. The predicted octanol–water partition coefficient (Wildman–Crippen LogP) is 3.18. The Bertz CT molecular complexity index is 988. The highest BCUT2D eigenvalue weighted by Gasteiger charge is 2.20. The first-order chi connectivity index (χ1) is 12.4. The SMILES string of the molecule is CCn1c(=O)n(CC(=O)N(C)C(C)c2ccc(F)cc2)c2ccccc21. The van der Waals surface area contributed by atoms with E-state index in [4.69, 9.17) is 0 Å². The van der Waals surface area contributed by atoms with Crippen molar-refractivity contribution in [1.82, 2.24) is 14.0 Å². The third-order valence-electron chi connectivity index (χ3n) is 4.86. The lowest BCUT2D eigenvalue weighted by Crippen LogP contribution is -2.35. The van der Waals surface area contributed by atoms with Gasteiger partial charge >= 0.3 is 5.69 Å². The number of hydrogen-bond donors (Lipinski definition) is 0. The van der Waals surface area contributed by atoms with Gasteiger partial charge in [-0.1, -0.05) is 24.3 Å². The molecule has 0 spiro atoms. The van der Waals surface area contributed by atoms with Crippen LogP contribution in [0.5, 0.6) is 0 Å². The third-order valence-corrected chi connectivity index (χ3v) is 4.86. The number of likely N-dealkylation sites (N-methyl/N-ethyl adjacent to an activating group) is 1. The normalized spacial score (nSPS) is 12.3. The molecule has 0 aliphatic carbocycles. The number of imidazole rings is 1. The van der Waals surface area contributed by atoms with Crippen molar-refractivity contribution in [1.29, 1.82) is 0 Å². The van der Waals surface area contributed by atoms with Gasteiger partial charge in [-0.3, -0.25) is 13.9 Å². The van der Waals surface area contributed by atoms with E-state index in [-0.39, 0.29) is 30.0 Å². The fraction of sp³-hybridized carbons (Fsp3) is 0.300. The lowest BCUT2D eigenvalue weighted by atomic mass is 10.1. The summed E-state index contributed by atoms with van der Waals surface area (Å²) in [5, 5.41) is 0. The molecule has 5 nitrogen and oxygen atoms in total. The van der Waals surface area contributed by atoms with Crippen LogP contribution in [0.3, 0.4) is 0 Å². The molecule has 0 aliphatic heterocycles. The van der Waals surface area contributed by atoms with Crippen molar-refractivity contribution in [3.8, 4) is 0 Å². The lowest BCUT2D eigenvalue weighted by Gasteiger charge is -2.25. The van der Waals surface area contributed by atoms with Gasteiger partial charge in [0.1, 0.15) is 12.4 Å². The number of benzene rings is 2. The summed E-state index contributed by atoms with van der Waals surface area (Å²) in [5.41, 5.74) is 2.22. The maximum Gasteiger partial charge on any atom is 0.329 e. The summed E-state index contributed by atoms with van der Waals surface area (Å²) in [6.45, 7) is 4.29. The zero-order chi connectivity index (χ0) is 18.8. The summed E-state index contributed by atoms with van der Waals surface area (Å²) >= 11 is 0. The molecule has 0 saturated carbocycles. The molecule has 0 aliphatic rings. The highest BCUT2D eigenvalue weighted by atomic mass is 19.1. The molecule has 6 heteroatoms. The van der Waals surface area contributed by atoms with Crippen LogP contribution in [0.2, 0.25) is 0 Å². The molecule has 0 bridgehead atoms. The van der Waals surface area contributed by atoms with Crippen LogP contribution in [0.1, 0.15) is 25.5 Å². The van der Waals surface area contributed by atoms with E-state index in [0.29, 0.717) is 6.54 Å². The molecule has 2 aromatic carbocycles. The summed E-state index contributed by atoms with van der Waals surface area (Å²) in [7, 11) is 1.69. The van der Waals surface area contributed by atoms with Gasteiger partial charge in [0.2, 0.25) is 5.91 Å². The Morgan fingerprint density at radius 1 is 1.08 bits per heavy atom. The summed E-state index contributed by atoms with van der Waals surface area (Å²) in [4.78, 5) is 27.0. The number of aromatic nitrogens is 2. The first-order valence-electron chi connectivity index (χ1n) is 8.63. The minimum absolute atomic E-state index is 0.0334. The lowest BCUT2D eigenvalue weighted by molar-refractivity contribution is -0.132. The maximum atomic E-state index is 13.1. The number of para-hydroxylation sites is 2. The molecule has 1 amide bonds. The van der Waals surface area contributed by atoms with Gasteiger partial charge in [0, 0.05) is 13.6 Å². The first-order valence-corrected chi connectivity index (χ1v) is 8.63. The van der Waals surface area contributed by atoms with E-state index in [1.54, 1.807) is 28.6 Å². The van der Waals surface area contributed by atoms with E-state index < -0.39 is 0 Å². The van der Waals surface area contributed by atoms with Crippen molar-refractivity contribution >= 4 is 16.9 Å². The molecule has 1 atom stereocenters. The molecule has 1 unspecified atom stereocenters. The smallest absolute Gasteiger partial charge is 0.329 e. The van der Waals surface area contributed by atoms with Crippen molar-refractivity contribution in [2.24, 2.45) is 0 Å². The van der Waals surface area contributed by atoms with Crippen molar-refractivity contribution in [3.63, 3.8) is 0 Å². The van der Waals surface area contributed by atoms with Crippen LogP contribution in [0.25, 0.3) is 11.0 Å². The molecule has 3 aromatic rings. The number of carbonyl (C=O) groups is 1. The second kappa shape index (κ2) is 7.15. The number of carbonyl (C=O) groups excluding carboxylic acids is 1. The summed E-state index contributed by atoms with van der Waals surface area (Å²) in [5.74, 6) is -0.489. The summed E-state index contributed by atoms with van der Waals surface area (Å²) < 4.78 is 16.3. The maximum absolute atomic E-state index is 13.1. The van der Waals surface area contributed by atoms with Crippen LogP contribution in [-0.2, 0) is 17.9 Å². The summed E-state index contributed by atoms with van der Waals surface area (Å²) in [6, 6.07) is 13.3. The molecule has 0 radical (unpaired) electrons. The van der Waals surface area contributed by atoms with Crippen LogP contribution in [-0.4, -0.2) is 27.0 Å². The third kappa shape index (κ3) is 3.14. The van der Waals surface area contributed by atoms with Crippen molar-refractivity contribution in [2.75, 3.05) is 7.05 Å². The van der Waals surface area contributed by atoms with Crippen LogP contribution in [0.15, 0.2) is 53.3 Å². The predicted molar refractivity (Wildman–Crippen MR) is 99.5 cm³/mol. The van der Waals surface area contributed by atoms with Crippen molar-refractivity contribution in [3.05, 3.63) is 70.4 Å². The topological polar surface area (TPSA) is 47.2 Å². The molecule has 0 N–H and O–H groups in total. The van der Waals surface area contributed by atoms with Crippen LogP contribution in [0, 0.1) is 5.82 Å². The Hall–Kier alpha value is -2.89. The highest BCUT2D eigenvalue weighted by Crippen LogP contribution is 2.20. The van der Waals surface area contributed by atoms with Crippen LogP contribution < -0.4 is 5.69 Å². The second-order valence-electron chi connectivity index (χ2n) is 6.33. The number of halogens is 1. The minimum Gasteiger partial charge on any atom is -0.337 e.